The summed E-state index contributed by atoms with van der Waals surface area (Å²) in [6.07, 6.45) is 5.12. The van der Waals surface area contributed by atoms with Gasteiger partial charge < -0.3 is 9.15 Å². The third-order valence-corrected chi connectivity index (χ3v) is 7.79. The van der Waals surface area contributed by atoms with Crippen LogP contribution in [-0.4, -0.2) is 32.4 Å². The van der Waals surface area contributed by atoms with E-state index in [1.54, 1.807) is 18.2 Å². The highest BCUT2D eigenvalue weighted by molar-refractivity contribution is 7.98. The van der Waals surface area contributed by atoms with Crippen LogP contribution < -0.4 is 10.3 Å². The van der Waals surface area contributed by atoms with Crippen molar-refractivity contribution >= 4 is 38.7 Å². The summed E-state index contributed by atoms with van der Waals surface area (Å²) in [7, 11) is -3.89. The summed E-state index contributed by atoms with van der Waals surface area (Å²) in [4.78, 5) is 25.0. The van der Waals surface area contributed by atoms with E-state index in [1.807, 2.05) is 18.4 Å². The van der Waals surface area contributed by atoms with Gasteiger partial charge in [-0.1, -0.05) is 18.2 Å². The molecule has 1 atom stereocenters. The monoisotopic (exact) mass is 487 g/mol. The lowest BCUT2D eigenvalue weighted by molar-refractivity contribution is -0.147. The Hall–Kier alpha value is -2.62. The largest absolute Gasteiger partial charge is 0.460 e. The van der Waals surface area contributed by atoms with E-state index in [2.05, 4.69) is 4.72 Å². The normalized spacial score (nSPS) is 14.2. The number of hydrogen-bond acceptors (Lipinski definition) is 7. The third kappa shape index (κ3) is 5.48. The summed E-state index contributed by atoms with van der Waals surface area (Å²) in [5.41, 5.74) is 2.87. The quantitative estimate of drug-likeness (QED) is 0.364. The maximum atomic E-state index is 12.9. The average molecular weight is 488 g/mol. The van der Waals surface area contributed by atoms with Crippen LogP contribution in [0.25, 0.3) is 11.0 Å². The van der Waals surface area contributed by atoms with E-state index < -0.39 is 27.7 Å². The number of carbonyl (C=O) groups excluding carboxylic acids is 1. The summed E-state index contributed by atoms with van der Waals surface area (Å²) >= 11 is 1.50. The Balaban J connectivity index is 1.54. The van der Waals surface area contributed by atoms with Crippen molar-refractivity contribution < 1.29 is 22.4 Å². The molecule has 33 heavy (non-hydrogen) atoms. The summed E-state index contributed by atoms with van der Waals surface area (Å²) in [5, 5.41) is 0.730. The van der Waals surface area contributed by atoms with Crippen LogP contribution in [0.3, 0.4) is 0 Å². The van der Waals surface area contributed by atoms with Crippen LogP contribution >= 0.6 is 11.8 Å². The standard InChI is InChI=1S/C24H25NO6S2/c1-32-11-10-21(25-33(28,29)19-8-3-2-4-9-19)24(27)30-15-18-14-23(26)31-22-13-17-7-5-6-16(17)12-20(18)22/h2-4,8-9,12-14,21,25H,5-7,10-11,15H2,1H3. The van der Waals surface area contributed by atoms with Crippen molar-refractivity contribution in [2.75, 3.05) is 12.0 Å². The molecular weight excluding hydrogens is 462 g/mol. The lowest BCUT2D eigenvalue weighted by atomic mass is 10.0. The van der Waals surface area contributed by atoms with E-state index in [0.717, 1.165) is 24.6 Å². The summed E-state index contributed by atoms with van der Waals surface area (Å²) in [5.74, 6) is -0.118. The Morgan fingerprint density at radius 3 is 2.61 bits per heavy atom. The number of rotatable bonds is 9. The van der Waals surface area contributed by atoms with Gasteiger partial charge in [0.15, 0.2) is 0 Å². The Labute approximate surface area is 196 Å². The van der Waals surface area contributed by atoms with Gasteiger partial charge in [0.1, 0.15) is 18.2 Å². The number of fused-ring (bicyclic) bond motifs is 2. The maximum absolute atomic E-state index is 12.9. The van der Waals surface area contributed by atoms with Gasteiger partial charge >= 0.3 is 11.6 Å². The molecule has 0 aliphatic heterocycles. The fourth-order valence-electron chi connectivity index (χ4n) is 3.98. The molecule has 0 spiro atoms. The van der Waals surface area contributed by atoms with E-state index >= 15 is 0 Å². The molecule has 0 radical (unpaired) electrons. The molecule has 1 aromatic heterocycles. The molecule has 0 saturated carbocycles. The molecule has 4 rings (SSSR count). The molecule has 7 nitrogen and oxygen atoms in total. The predicted molar refractivity (Wildman–Crippen MR) is 128 cm³/mol. The lowest BCUT2D eigenvalue weighted by Gasteiger charge is -2.18. The Kier molecular flexibility index (Phi) is 7.21. The van der Waals surface area contributed by atoms with Crippen molar-refractivity contribution in [2.24, 2.45) is 0 Å². The van der Waals surface area contributed by atoms with Crippen LogP contribution in [0.1, 0.15) is 29.5 Å². The zero-order valence-corrected chi connectivity index (χ0v) is 19.8. The highest BCUT2D eigenvalue weighted by atomic mass is 32.2. The number of benzene rings is 2. The first kappa shape index (κ1) is 23.5. The number of aryl methyl sites for hydroxylation is 2. The highest BCUT2D eigenvalue weighted by Gasteiger charge is 2.27. The number of sulfonamides is 1. The SMILES string of the molecule is CSCCC(NS(=O)(=O)c1ccccc1)C(=O)OCc1cc(=O)oc2cc3c(cc12)CCC3. The van der Waals surface area contributed by atoms with Gasteiger partial charge in [-0.25, -0.2) is 13.2 Å². The number of nitrogens with one attached hydrogen (secondary N) is 1. The maximum Gasteiger partial charge on any atom is 0.336 e. The van der Waals surface area contributed by atoms with E-state index in [-0.39, 0.29) is 17.9 Å². The molecule has 1 heterocycles. The van der Waals surface area contributed by atoms with E-state index in [4.69, 9.17) is 9.15 Å². The first-order valence-corrected chi connectivity index (χ1v) is 13.6. The minimum Gasteiger partial charge on any atom is -0.460 e. The van der Waals surface area contributed by atoms with E-state index in [9.17, 15) is 18.0 Å². The number of carbonyl (C=O) groups is 1. The van der Waals surface area contributed by atoms with Crippen LogP contribution in [0.5, 0.6) is 0 Å². The van der Waals surface area contributed by atoms with E-state index in [0.29, 0.717) is 16.9 Å². The summed E-state index contributed by atoms with van der Waals surface area (Å²) in [6.45, 7) is -0.150. The van der Waals surface area contributed by atoms with Crippen molar-refractivity contribution in [3.05, 3.63) is 75.6 Å². The molecule has 1 aliphatic rings. The van der Waals surface area contributed by atoms with Gasteiger partial charge in [0, 0.05) is 17.0 Å². The van der Waals surface area contributed by atoms with Crippen LogP contribution in [0.4, 0.5) is 0 Å². The Bertz CT molecular complexity index is 1320. The zero-order chi connectivity index (χ0) is 23.4. The van der Waals surface area contributed by atoms with E-state index in [1.165, 1.54) is 41.1 Å². The molecule has 9 heteroatoms. The first-order chi connectivity index (χ1) is 15.9. The molecule has 0 amide bonds. The van der Waals surface area contributed by atoms with Gasteiger partial charge in [0.05, 0.1) is 4.90 Å². The van der Waals surface area contributed by atoms with Gasteiger partial charge in [-0.2, -0.15) is 16.5 Å². The Morgan fingerprint density at radius 2 is 1.88 bits per heavy atom. The van der Waals surface area contributed by atoms with Crippen molar-refractivity contribution in [1.82, 2.24) is 4.72 Å². The molecule has 2 aromatic carbocycles. The number of ether oxygens (including phenoxy) is 1. The minimum atomic E-state index is -3.89. The molecule has 1 unspecified atom stereocenters. The van der Waals surface area contributed by atoms with Gasteiger partial charge in [-0.05, 0) is 73.1 Å². The molecule has 174 valence electrons. The number of esters is 1. The second-order valence-corrected chi connectivity index (χ2v) is 10.6. The fraction of sp³-hybridized carbons (Fsp3) is 0.333. The first-order valence-electron chi connectivity index (χ1n) is 10.7. The summed E-state index contributed by atoms with van der Waals surface area (Å²) < 4.78 is 38.8. The van der Waals surface area contributed by atoms with Crippen molar-refractivity contribution in [3.8, 4) is 0 Å². The lowest BCUT2D eigenvalue weighted by Crippen LogP contribution is -2.42. The number of thioether (sulfide) groups is 1. The summed E-state index contributed by atoms with van der Waals surface area (Å²) in [6, 6.07) is 12.0. The molecule has 0 fully saturated rings. The Morgan fingerprint density at radius 1 is 1.15 bits per heavy atom. The second kappa shape index (κ2) is 10.1. The van der Waals surface area contributed by atoms with Crippen molar-refractivity contribution in [1.29, 1.82) is 0 Å². The molecule has 3 aromatic rings. The van der Waals surface area contributed by atoms with Gasteiger partial charge in [-0.15, -0.1) is 0 Å². The third-order valence-electron chi connectivity index (χ3n) is 5.66. The zero-order valence-electron chi connectivity index (χ0n) is 18.2. The molecule has 1 N–H and O–H groups in total. The molecule has 1 aliphatic carbocycles. The predicted octanol–water partition coefficient (Wildman–Crippen LogP) is 3.43. The smallest absolute Gasteiger partial charge is 0.336 e. The van der Waals surface area contributed by atoms with Crippen LogP contribution in [0.2, 0.25) is 0 Å². The second-order valence-electron chi connectivity index (χ2n) is 7.94. The van der Waals surface area contributed by atoms with Crippen molar-refractivity contribution in [3.63, 3.8) is 0 Å². The van der Waals surface area contributed by atoms with Gasteiger partial charge in [0.25, 0.3) is 0 Å². The average Bonchev–Trinajstić information content (AvgIpc) is 3.26. The van der Waals surface area contributed by atoms with Crippen molar-refractivity contribution in [2.45, 2.75) is 43.2 Å². The van der Waals surface area contributed by atoms with Gasteiger partial charge in [-0.3, -0.25) is 4.79 Å². The minimum absolute atomic E-state index is 0.0764. The molecule has 0 bridgehead atoms. The topological polar surface area (TPSA) is 103 Å². The van der Waals surface area contributed by atoms with Crippen LogP contribution in [0.15, 0.2) is 62.6 Å². The highest BCUT2D eigenvalue weighted by Crippen LogP contribution is 2.29. The van der Waals surface area contributed by atoms with Gasteiger partial charge in [0.2, 0.25) is 10.0 Å². The van der Waals surface area contributed by atoms with Crippen LogP contribution in [0, 0.1) is 0 Å². The molecular formula is C24H25NO6S2. The number of hydrogen-bond donors (Lipinski definition) is 1. The van der Waals surface area contributed by atoms with Crippen LogP contribution in [-0.2, 0) is 39.0 Å². The fourth-order valence-corrected chi connectivity index (χ4v) is 5.69. The molecule has 0 saturated heterocycles.